The van der Waals surface area contributed by atoms with Crippen molar-refractivity contribution in [3.05, 3.63) is 99.5 Å². The van der Waals surface area contributed by atoms with Crippen LogP contribution in [0.4, 0.5) is 18.9 Å². The third-order valence-corrected chi connectivity index (χ3v) is 4.18. The van der Waals surface area contributed by atoms with Crippen molar-refractivity contribution in [3.8, 4) is 0 Å². The summed E-state index contributed by atoms with van der Waals surface area (Å²) in [5.74, 6) is -0.889. The van der Waals surface area contributed by atoms with Gasteiger partial charge in [-0.3, -0.25) is 9.59 Å². The number of rotatable bonds is 4. The lowest BCUT2D eigenvalue weighted by Crippen LogP contribution is -2.29. The molecule has 0 aliphatic carbocycles. The van der Waals surface area contributed by atoms with E-state index in [-0.39, 0.29) is 12.1 Å². The molecule has 0 saturated carbocycles. The molecule has 0 bridgehead atoms. The number of anilines is 1. The van der Waals surface area contributed by atoms with Crippen LogP contribution in [0.5, 0.6) is 0 Å². The standard InChI is InChI=1S/C21H17F3N2O2/c1-14-6-4-7-15(12-14)13-26-11-5-8-16(20(26)28)19(27)25-18-10-3-2-9-17(18)21(22,23)24/h2-12H,13H2,1H3,(H,25,27). The maximum absolute atomic E-state index is 13.1. The van der Waals surface area contributed by atoms with E-state index in [2.05, 4.69) is 5.32 Å². The Morgan fingerprint density at radius 2 is 1.79 bits per heavy atom. The molecule has 0 aliphatic rings. The minimum Gasteiger partial charge on any atom is -0.321 e. The van der Waals surface area contributed by atoms with Crippen LogP contribution in [0.3, 0.4) is 0 Å². The average Bonchev–Trinajstić information content (AvgIpc) is 2.63. The molecule has 4 nitrogen and oxygen atoms in total. The van der Waals surface area contributed by atoms with E-state index in [1.807, 2.05) is 31.2 Å². The summed E-state index contributed by atoms with van der Waals surface area (Å²) < 4.78 is 40.7. The van der Waals surface area contributed by atoms with Crippen molar-refractivity contribution in [1.82, 2.24) is 4.57 Å². The molecule has 7 heteroatoms. The highest BCUT2D eigenvalue weighted by Crippen LogP contribution is 2.34. The molecule has 28 heavy (non-hydrogen) atoms. The molecule has 3 rings (SSSR count). The first-order valence-corrected chi connectivity index (χ1v) is 8.48. The summed E-state index contributed by atoms with van der Waals surface area (Å²) in [4.78, 5) is 25.1. The van der Waals surface area contributed by atoms with Crippen LogP contribution in [0.15, 0.2) is 71.7 Å². The van der Waals surface area contributed by atoms with Gasteiger partial charge < -0.3 is 9.88 Å². The Kier molecular flexibility index (Phi) is 5.35. The number of carbonyl (C=O) groups excluding carboxylic acids is 1. The zero-order valence-corrected chi connectivity index (χ0v) is 15.0. The second-order valence-electron chi connectivity index (χ2n) is 6.34. The predicted molar refractivity (Wildman–Crippen MR) is 100 cm³/mol. The number of pyridine rings is 1. The fourth-order valence-electron chi connectivity index (χ4n) is 2.87. The van der Waals surface area contributed by atoms with Crippen molar-refractivity contribution in [2.24, 2.45) is 0 Å². The summed E-state index contributed by atoms with van der Waals surface area (Å²) in [7, 11) is 0. The Hall–Kier alpha value is -3.35. The number of hydrogen-bond acceptors (Lipinski definition) is 2. The first kappa shape index (κ1) is 19.4. The normalized spacial score (nSPS) is 11.3. The summed E-state index contributed by atoms with van der Waals surface area (Å²) in [5.41, 5.74) is -0.267. The van der Waals surface area contributed by atoms with Gasteiger partial charge in [-0.25, -0.2) is 0 Å². The maximum Gasteiger partial charge on any atom is 0.418 e. The van der Waals surface area contributed by atoms with Crippen molar-refractivity contribution in [2.75, 3.05) is 5.32 Å². The number of halogens is 3. The lowest BCUT2D eigenvalue weighted by atomic mass is 10.1. The molecule has 0 unspecified atom stereocenters. The number of nitrogens with zero attached hydrogens (tertiary/aromatic N) is 1. The molecular formula is C21H17F3N2O2. The molecule has 0 atom stereocenters. The minimum absolute atomic E-state index is 0.230. The SMILES string of the molecule is Cc1cccc(Cn2cccc(C(=O)Nc3ccccc3C(F)(F)F)c2=O)c1. The Morgan fingerprint density at radius 3 is 2.50 bits per heavy atom. The van der Waals surface area contributed by atoms with Crippen molar-refractivity contribution in [1.29, 1.82) is 0 Å². The van der Waals surface area contributed by atoms with Crippen molar-refractivity contribution in [2.45, 2.75) is 19.6 Å². The van der Waals surface area contributed by atoms with Gasteiger partial charge in [0, 0.05) is 6.20 Å². The van der Waals surface area contributed by atoms with E-state index >= 15 is 0 Å². The molecule has 0 spiro atoms. The van der Waals surface area contributed by atoms with E-state index in [1.54, 1.807) is 0 Å². The van der Waals surface area contributed by atoms with Gasteiger partial charge in [-0.1, -0.05) is 42.0 Å². The van der Waals surface area contributed by atoms with Crippen molar-refractivity contribution in [3.63, 3.8) is 0 Å². The molecule has 1 N–H and O–H groups in total. The highest BCUT2D eigenvalue weighted by molar-refractivity contribution is 6.04. The third-order valence-electron chi connectivity index (χ3n) is 4.18. The zero-order valence-electron chi connectivity index (χ0n) is 15.0. The summed E-state index contributed by atoms with van der Waals surface area (Å²) in [6.45, 7) is 2.18. The Balaban J connectivity index is 1.89. The second kappa shape index (κ2) is 7.72. The third kappa shape index (κ3) is 4.31. The van der Waals surface area contributed by atoms with E-state index in [9.17, 15) is 22.8 Å². The topological polar surface area (TPSA) is 51.1 Å². The highest BCUT2D eigenvalue weighted by Gasteiger charge is 2.33. The fourth-order valence-corrected chi connectivity index (χ4v) is 2.87. The number of aromatic nitrogens is 1. The molecule has 0 radical (unpaired) electrons. The lowest BCUT2D eigenvalue weighted by molar-refractivity contribution is -0.136. The molecule has 1 heterocycles. The molecule has 1 amide bonds. The first-order chi connectivity index (χ1) is 13.3. The van der Waals surface area contributed by atoms with E-state index < -0.39 is 28.9 Å². The smallest absolute Gasteiger partial charge is 0.321 e. The quantitative estimate of drug-likeness (QED) is 0.719. The minimum atomic E-state index is -4.62. The van der Waals surface area contributed by atoms with E-state index in [1.165, 1.54) is 35.0 Å². The molecule has 0 saturated heterocycles. The van der Waals surface area contributed by atoms with E-state index in [0.29, 0.717) is 0 Å². The van der Waals surface area contributed by atoms with Gasteiger partial charge in [-0.05, 0) is 36.8 Å². The predicted octanol–water partition coefficient (Wildman–Crippen LogP) is 4.48. The molecule has 2 aromatic carbocycles. The molecule has 0 fully saturated rings. The van der Waals surface area contributed by atoms with Gasteiger partial charge in [0.15, 0.2) is 0 Å². The summed E-state index contributed by atoms with van der Waals surface area (Å²) in [6, 6.07) is 15.0. The van der Waals surface area contributed by atoms with Gasteiger partial charge in [-0.2, -0.15) is 13.2 Å². The van der Waals surface area contributed by atoms with Crippen molar-refractivity contribution >= 4 is 11.6 Å². The lowest BCUT2D eigenvalue weighted by Gasteiger charge is -2.14. The maximum atomic E-state index is 13.1. The fraction of sp³-hybridized carbons (Fsp3) is 0.143. The number of nitrogens with one attached hydrogen (secondary N) is 1. The van der Waals surface area contributed by atoms with Gasteiger partial charge in [0.2, 0.25) is 0 Å². The number of alkyl halides is 3. The number of carbonyl (C=O) groups is 1. The number of para-hydroxylation sites is 1. The van der Waals surface area contributed by atoms with Crippen LogP contribution in [-0.4, -0.2) is 10.5 Å². The molecular weight excluding hydrogens is 369 g/mol. The highest BCUT2D eigenvalue weighted by atomic mass is 19.4. The number of benzene rings is 2. The van der Waals surface area contributed by atoms with Gasteiger partial charge >= 0.3 is 6.18 Å². The van der Waals surface area contributed by atoms with Gasteiger partial charge in [-0.15, -0.1) is 0 Å². The summed E-state index contributed by atoms with van der Waals surface area (Å²) >= 11 is 0. The van der Waals surface area contributed by atoms with E-state index in [0.717, 1.165) is 23.3 Å². The number of hydrogen-bond donors (Lipinski definition) is 1. The molecule has 0 aliphatic heterocycles. The number of aryl methyl sites for hydroxylation is 1. The Morgan fingerprint density at radius 1 is 1.04 bits per heavy atom. The van der Waals surface area contributed by atoms with Crippen LogP contribution in [0, 0.1) is 6.92 Å². The molecule has 1 aromatic heterocycles. The van der Waals surface area contributed by atoms with Crippen molar-refractivity contribution < 1.29 is 18.0 Å². The zero-order chi connectivity index (χ0) is 20.3. The van der Waals surface area contributed by atoms with Crippen LogP contribution in [0.2, 0.25) is 0 Å². The van der Waals surface area contributed by atoms with E-state index in [4.69, 9.17) is 0 Å². The van der Waals surface area contributed by atoms with Gasteiger partial charge in [0.05, 0.1) is 17.8 Å². The number of amides is 1. The second-order valence-corrected chi connectivity index (χ2v) is 6.34. The largest absolute Gasteiger partial charge is 0.418 e. The summed E-state index contributed by atoms with van der Waals surface area (Å²) in [6.07, 6.45) is -3.09. The van der Waals surface area contributed by atoms with Crippen LogP contribution < -0.4 is 10.9 Å². The molecule has 144 valence electrons. The van der Waals surface area contributed by atoms with Crippen LogP contribution in [0.25, 0.3) is 0 Å². The van der Waals surface area contributed by atoms with Gasteiger partial charge in [0.1, 0.15) is 5.56 Å². The summed E-state index contributed by atoms with van der Waals surface area (Å²) in [5, 5.41) is 2.20. The van der Waals surface area contributed by atoms with Crippen LogP contribution >= 0.6 is 0 Å². The van der Waals surface area contributed by atoms with Gasteiger partial charge in [0.25, 0.3) is 11.5 Å². The Labute approximate surface area is 159 Å². The first-order valence-electron chi connectivity index (χ1n) is 8.48. The van der Waals surface area contributed by atoms with Crippen LogP contribution in [-0.2, 0) is 12.7 Å². The van der Waals surface area contributed by atoms with Crippen LogP contribution in [0.1, 0.15) is 27.0 Å². The Bertz CT molecular complexity index is 1070. The molecule has 3 aromatic rings. The monoisotopic (exact) mass is 386 g/mol. The average molecular weight is 386 g/mol.